The number of fused-ring (bicyclic) bond motifs is 2. The average Bonchev–Trinajstić information content (AvgIpc) is 1.59. The third-order valence-electron chi connectivity index (χ3n) is 18.8. The molecule has 125 heavy (non-hydrogen) atoms. The molecule has 0 bridgehead atoms. The van der Waals surface area contributed by atoms with Gasteiger partial charge >= 0.3 is 0 Å². The van der Waals surface area contributed by atoms with Gasteiger partial charge in [-0.2, -0.15) is 13.0 Å². The Morgan fingerprint density at radius 3 is 1.13 bits per heavy atom. The van der Waals surface area contributed by atoms with Crippen molar-refractivity contribution >= 4 is 51.1 Å². The second-order valence-corrected chi connectivity index (χ2v) is 31.1. The number of carbonyl (C=O) groups excluding carboxylic acids is 2. The molecule has 2 aromatic carbocycles. The first kappa shape index (κ1) is 113. The van der Waals surface area contributed by atoms with Crippen LogP contribution in [-0.2, 0) is 154 Å². The van der Waals surface area contributed by atoms with Gasteiger partial charge in [0, 0.05) is 78.9 Å². The summed E-state index contributed by atoms with van der Waals surface area (Å²) >= 11 is 0.905. The highest BCUT2D eigenvalue weighted by Gasteiger charge is 2.45. The number of hydrogen-bond acceptors (Lipinski definition) is 34. The van der Waals surface area contributed by atoms with Crippen molar-refractivity contribution in [3.8, 4) is 0 Å². The van der Waals surface area contributed by atoms with E-state index in [9.17, 15) is 22.6 Å². The van der Waals surface area contributed by atoms with Gasteiger partial charge < -0.3 is 124 Å². The summed E-state index contributed by atoms with van der Waals surface area (Å²) in [6.45, 7) is 32.2. The minimum absolute atomic E-state index is 0.0570. The van der Waals surface area contributed by atoms with Crippen molar-refractivity contribution in [3.05, 3.63) is 83.6 Å². The highest BCUT2D eigenvalue weighted by atomic mass is 32.2. The summed E-state index contributed by atoms with van der Waals surface area (Å²) in [5.41, 5.74) is 6.92. The fraction of sp³-hybridized carbons (Fsp3) is 0.756. The molecule has 0 spiro atoms. The van der Waals surface area contributed by atoms with Crippen LogP contribution < -0.4 is 21.5 Å². The van der Waals surface area contributed by atoms with E-state index in [0.717, 1.165) is 76.5 Å². The number of nitrogens with two attached hydrogens (primary N) is 1. The summed E-state index contributed by atoms with van der Waals surface area (Å²) in [6.07, 6.45) is 15.4. The van der Waals surface area contributed by atoms with Crippen LogP contribution in [0, 0.1) is 0 Å². The van der Waals surface area contributed by atoms with Gasteiger partial charge in [0.05, 0.1) is 333 Å². The summed E-state index contributed by atoms with van der Waals surface area (Å²) in [6, 6.07) is 10.7. The van der Waals surface area contributed by atoms with Gasteiger partial charge in [0.2, 0.25) is 17.5 Å². The van der Waals surface area contributed by atoms with E-state index in [1.54, 1.807) is 19.2 Å². The summed E-state index contributed by atoms with van der Waals surface area (Å²) in [7, 11) is -2.81. The topological polar surface area (TPSA) is 405 Å². The lowest BCUT2D eigenvalue weighted by molar-refractivity contribution is -0.438. The van der Waals surface area contributed by atoms with Crippen LogP contribution in [0.25, 0.3) is 0 Å². The zero-order chi connectivity index (χ0) is 89.7. The van der Waals surface area contributed by atoms with Crippen LogP contribution in [0.5, 0.6) is 0 Å². The van der Waals surface area contributed by atoms with Gasteiger partial charge in [0.15, 0.2) is 5.71 Å². The zero-order valence-electron chi connectivity index (χ0n) is 74.8. The van der Waals surface area contributed by atoms with Gasteiger partial charge in [-0.05, 0) is 81.5 Å². The Kier molecular flexibility index (Phi) is 69.2. The minimum atomic E-state index is -4.45. The molecule has 37 nitrogen and oxygen atoms in total. The van der Waals surface area contributed by atoms with Crippen molar-refractivity contribution in [2.24, 2.45) is 5.84 Å². The molecule has 0 radical (unpaired) electrons. The maximum atomic E-state index is 12.8. The van der Waals surface area contributed by atoms with Crippen LogP contribution in [-0.4, -0.2) is 378 Å². The summed E-state index contributed by atoms with van der Waals surface area (Å²) < 4.78 is 174. The number of rotatable bonds is 91. The predicted molar refractivity (Wildman–Crippen MR) is 466 cm³/mol. The molecule has 2 aliphatic rings. The van der Waals surface area contributed by atoms with E-state index >= 15 is 0 Å². The van der Waals surface area contributed by atoms with Gasteiger partial charge in [-0.15, -0.1) is 4.33 Å². The standard InChI is InChI=1S/C86H147N5O32S2/c1-85(2)77-73-75(124-123-122-94)19-21-79(77)90(24-14-8-12-18-84(93)89-87)81(85)15-9-6-10-16-82-86(3,4)78-74-76(125(95,96)97)20-22-80(78)91(82)25-13-7-11-17-83(92)88-23-26-99-29-30-101-33-34-103-37-38-105-41-42-107-45-46-109-49-50-111-53-54-113-57-58-115-61-62-117-65-66-119-69-70-121-72-71-120-68-67-118-64-63-116-60-59-114-56-55-112-52-51-110-48-47-108-44-43-106-40-39-104-36-35-102-32-31-100-28-27-98-5/h6,9-10,15-16,19-22,73-74H,7-8,11-14,17-18,23-72,87H2,1-5H3,(H3-,88,89,92,93,94,95,96,97)/p+1. The Hall–Kier alpha value is -4.79. The maximum absolute atomic E-state index is 12.8. The summed E-state index contributed by atoms with van der Waals surface area (Å²) in [4.78, 5) is 27.3. The number of benzene rings is 2. The number of allylic oxidation sites excluding steroid dienone is 6. The first-order chi connectivity index (χ1) is 61.2. The fourth-order valence-corrected chi connectivity index (χ4v) is 13.3. The molecule has 2 aromatic rings. The average molecular weight is 1830 g/mol. The third kappa shape index (κ3) is 55.9. The van der Waals surface area contributed by atoms with Crippen LogP contribution in [0.15, 0.2) is 82.3 Å². The number of nitrogens with zero attached hydrogens (tertiary/aromatic N) is 2. The lowest BCUT2D eigenvalue weighted by Gasteiger charge is -2.27. The van der Waals surface area contributed by atoms with Gasteiger partial charge in [-0.25, -0.2) is 11.1 Å². The third-order valence-corrected chi connectivity index (χ3v) is 20.3. The lowest BCUT2D eigenvalue weighted by atomic mass is 9.81. The zero-order valence-corrected chi connectivity index (χ0v) is 76.4. The molecule has 0 aliphatic carbocycles. The van der Waals surface area contributed by atoms with E-state index < -0.39 is 20.9 Å². The van der Waals surface area contributed by atoms with Gasteiger partial charge in [0.25, 0.3) is 10.1 Å². The van der Waals surface area contributed by atoms with Gasteiger partial charge in [-0.1, -0.05) is 43.5 Å². The molecule has 6 N–H and O–H groups in total. The molecule has 0 saturated carbocycles. The molecule has 2 heterocycles. The van der Waals surface area contributed by atoms with Gasteiger partial charge in [0.1, 0.15) is 6.54 Å². The number of nitrogens with one attached hydrogen (secondary N) is 2. The number of anilines is 1. The molecule has 4 rings (SSSR count). The Labute approximate surface area is 745 Å². The molecule has 2 aliphatic heterocycles. The van der Waals surface area contributed by atoms with E-state index in [4.69, 9.17) is 129 Å². The van der Waals surface area contributed by atoms with Crippen molar-refractivity contribution in [1.29, 1.82) is 0 Å². The quantitative estimate of drug-likeness (QED) is 0.00524. The van der Waals surface area contributed by atoms with Crippen molar-refractivity contribution < 1.29 is 155 Å². The minimum Gasteiger partial charge on any atom is -0.382 e. The van der Waals surface area contributed by atoms with Gasteiger partial charge in [-0.3, -0.25) is 19.6 Å². The molecule has 39 heteroatoms. The number of carbonyl (C=O) groups is 2. The van der Waals surface area contributed by atoms with Crippen molar-refractivity contribution in [2.75, 3.05) is 342 Å². The largest absolute Gasteiger partial charge is 0.382 e. The summed E-state index contributed by atoms with van der Waals surface area (Å²) in [5.74, 6) is 5.04. The molecule has 0 fully saturated rings. The molecule has 2 amide bonds. The van der Waals surface area contributed by atoms with Crippen molar-refractivity contribution in [3.63, 3.8) is 0 Å². The van der Waals surface area contributed by atoms with Crippen LogP contribution in [0.4, 0.5) is 11.4 Å². The fourth-order valence-electron chi connectivity index (χ4n) is 12.4. The maximum Gasteiger partial charge on any atom is 0.294 e. The molecular weight excluding hydrogens is 1680 g/mol. The molecule has 0 unspecified atom stereocenters. The number of amides is 2. The number of hydrogen-bond donors (Lipinski definition) is 5. The van der Waals surface area contributed by atoms with Crippen LogP contribution in [0.1, 0.15) is 90.2 Å². The van der Waals surface area contributed by atoms with E-state index in [1.165, 1.54) is 6.07 Å². The Morgan fingerprint density at radius 1 is 0.424 bits per heavy atom. The normalized spacial score (nSPS) is 14.1. The Morgan fingerprint density at radius 2 is 0.776 bits per heavy atom. The molecular formula is C86H148N5O32S2+. The number of hydrazine groups is 1. The van der Waals surface area contributed by atoms with E-state index in [-0.39, 0.29) is 16.7 Å². The molecule has 720 valence electrons. The van der Waals surface area contributed by atoms with Crippen LogP contribution in [0.2, 0.25) is 0 Å². The Bertz CT molecular complexity index is 3240. The molecule has 0 aromatic heterocycles. The van der Waals surface area contributed by atoms with Crippen molar-refractivity contribution in [2.45, 2.75) is 99.7 Å². The number of ether oxygens (including phenoxy) is 24. The van der Waals surface area contributed by atoms with Crippen LogP contribution in [0.3, 0.4) is 0 Å². The van der Waals surface area contributed by atoms with Crippen molar-refractivity contribution in [1.82, 2.24) is 10.7 Å². The number of methoxy groups -OCH3 is 1. The molecule has 0 saturated heterocycles. The van der Waals surface area contributed by atoms with E-state index in [1.807, 2.05) is 56.4 Å². The molecule has 0 atom stereocenters. The van der Waals surface area contributed by atoms with E-state index in [2.05, 4.69) is 45.2 Å². The Balaban J connectivity index is 0.826. The predicted octanol–water partition coefficient (Wildman–Crippen LogP) is 6.79. The summed E-state index contributed by atoms with van der Waals surface area (Å²) in [5, 5.41) is 15.6. The smallest absolute Gasteiger partial charge is 0.294 e. The second kappa shape index (κ2) is 76.9. The van der Waals surface area contributed by atoms with Crippen LogP contribution >= 0.6 is 12.0 Å². The second-order valence-electron chi connectivity index (χ2n) is 28.9. The highest BCUT2D eigenvalue weighted by Crippen LogP contribution is 2.49. The lowest BCUT2D eigenvalue weighted by Crippen LogP contribution is -2.29. The SMILES string of the molecule is COCCOCCOCCOCCOCCOCCOCCOCCOCCOCCOCCOCCOCCOCCOCCOCCOCCOCCOCCOCCOCCOCCOCCOCCNC(=O)CCCCCN1C(=CC=CC=CC2=[N+](CCCCCC(=O)NN)c3ccc(SOOO)cc3C2(C)C)C(C)(C)c2cc(S(=O)(=O)O)ccc21. The highest BCUT2D eigenvalue weighted by molar-refractivity contribution is 7.94. The monoisotopic (exact) mass is 1830 g/mol. The number of unbranched alkanes of at least 4 members (excludes halogenated alkanes) is 4. The first-order valence-electron chi connectivity index (χ1n) is 43.6. The van der Waals surface area contributed by atoms with E-state index in [0.29, 0.717) is 356 Å². The first-order valence-corrected chi connectivity index (χ1v) is 45.8.